The van der Waals surface area contributed by atoms with Gasteiger partial charge in [-0.2, -0.15) is 0 Å². The maximum absolute atomic E-state index is 13.8. The molecule has 1 aliphatic rings. The van der Waals surface area contributed by atoms with Gasteiger partial charge in [0.25, 0.3) is 0 Å². The Morgan fingerprint density at radius 1 is 0.784 bits per heavy atom. The highest BCUT2D eigenvalue weighted by molar-refractivity contribution is 6.16. The van der Waals surface area contributed by atoms with Crippen LogP contribution >= 0.6 is 0 Å². The summed E-state index contributed by atoms with van der Waals surface area (Å²) in [5.41, 5.74) is 9.18. The molecule has 1 unspecified atom stereocenters. The van der Waals surface area contributed by atoms with Gasteiger partial charge in [0.2, 0.25) is 0 Å². The summed E-state index contributed by atoms with van der Waals surface area (Å²) in [6, 6.07) is 30.1. The molecule has 0 heterocycles. The van der Waals surface area contributed by atoms with Crippen molar-refractivity contribution in [3.63, 3.8) is 0 Å². The zero-order valence-corrected chi connectivity index (χ0v) is 20.3. The van der Waals surface area contributed by atoms with E-state index >= 15 is 0 Å². The fourth-order valence-corrected chi connectivity index (χ4v) is 5.21. The first-order chi connectivity index (χ1) is 18.0. The third-order valence-electron chi connectivity index (χ3n) is 7.10. The third-order valence-corrected chi connectivity index (χ3v) is 7.10. The summed E-state index contributed by atoms with van der Waals surface area (Å²) in [4.78, 5) is 27.0. The molecule has 1 aliphatic carbocycles. The van der Waals surface area contributed by atoms with Crippen LogP contribution < -0.4 is 10.5 Å². The highest BCUT2D eigenvalue weighted by Crippen LogP contribution is 2.39. The number of ketones is 2. The van der Waals surface area contributed by atoms with Gasteiger partial charge in [0, 0.05) is 28.2 Å². The molecule has 5 heteroatoms. The molecular weight excluding hydrogens is 465 g/mol. The second-order valence-corrected chi connectivity index (χ2v) is 9.42. The van der Waals surface area contributed by atoms with Crippen LogP contribution in [0.1, 0.15) is 39.1 Å². The molecule has 0 spiro atoms. The molecule has 0 radical (unpaired) electrons. The SMILES string of the molecule is NC[C@@H]1C[C@@H](Oc2ccccc2-c2ccccc2)CC1C(=O)c1ccccc1C(=O)c1ccc(F)cc1. The van der Waals surface area contributed by atoms with Crippen molar-refractivity contribution in [2.24, 2.45) is 17.6 Å². The molecule has 1 fully saturated rings. The van der Waals surface area contributed by atoms with Gasteiger partial charge in [-0.15, -0.1) is 0 Å². The number of nitrogens with two attached hydrogens (primary N) is 1. The number of carbonyl (C=O) groups is 2. The van der Waals surface area contributed by atoms with Crippen LogP contribution in [0, 0.1) is 17.7 Å². The van der Waals surface area contributed by atoms with Gasteiger partial charge in [-0.25, -0.2) is 4.39 Å². The molecule has 0 aliphatic heterocycles. The van der Waals surface area contributed by atoms with E-state index in [1.807, 2.05) is 54.6 Å². The zero-order valence-electron chi connectivity index (χ0n) is 20.3. The molecule has 4 aromatic carbocycles. The van der Waals surface area contributed by atoms with Crippen LogP contribution in [0.4, 0.5) is 4.39 Å². The summed E-state index contributed by atoms with van der Waals surface area (Å²) >= 11 is 0. The topological polar surface area (TPSA) is 69.4 Å². The molecular formula is C32H28FNO3. The van der Waals surface area contributed by atoms with Crippen LogP contribution in [0.15, 0.2) is 103 Å². The summed E-state index contributed by atoms with van der Waals surface area (Å²) in [7, 11) is 0. The standard InChI is InChI=1S/C32H28FNO3/c33-24-16-14-22(15-17-24)31(35)27-11-4-5-12-28(27)32(36)29-19-25(18-23(29)20-34)37-30-13-7-6-10-26(30)21-8-2-1-3-9-21/h1-17,23,25,29H,18-20,34H2/t23-,25+,29?/m0/s1. The van der Waals surface area contributed by atoms with E-state index < -0.39 is 5.82 Å². The summed E-state index contributed by atoms with van der Waals surface area (Å²) in [5, 5.41) is 0. The molecule has 5 rings (SSSR count). The van der Waals surface area contributed by atoms with E-state index in [0.29, 0.717) is 36.1 Å². The Hall–Kier alpha value is -4.09. The number of halogens is 1. The van der Waals surface area contributed by atoms with Gasteiger partial charge in [-0.1, -0.05) is 72.8 Å². The minimum Gasteiger partial charge on any atom is -0.490 e. The number of hydrogen-bond donors (Lipinski definition) is 1. The lowest BCUT2D eigenvalue weighted by atomic mass is 9.85. The minimum atomic E-state index is -0.419. The Bertz CT molecular complexity index is 1400. The minimum absolute atomic E-state index is 0.0598. The van der Waals surface area contributed by atoms with Gasteiger partial charge in [-0.05, 0) is 61.2 Å². The Balaban J connectivity index is 1.38. The van der Waals surface area contributed by atoms with Crippen LogP contribution in [0.25, 0.3) is 11.1 Å². The number of carbonyl (C=O) groups excluding carboxylic acids is 2. The molecule has 3 atom stereocenters. The molecule has 4 aromatic rings. The molecule has 2 N–H and O–H groups in total. The van der Waals surface area contributed by atoms with Gasteiger partial charge in [0.05, 0.1) is 6.10 Å². The average Bonchev–Trinajstić information content (AvgIpc) is 3.36. The normalized spacial score (nSPS) is 18.9. The Morgan fingerprint density at radius 3 is 2.16 bits per heavy atom. The maximum atomic E-state index is 13.8. The molecule has 0 aromatic heterocycles. The van der Waals surface area contributed by atoms with Gasteiger partial charge in [0.15, 0.2) is 11.6 Å². The van der Waals surface area contributed by atoms with Crippen LogP contribution in [0.3, 0.4) is 0 Å². The van der Waals surface area contributed by atoms with E-state index in [4.69, 9.17) is 10.5 Å². The van der Waals surface area contributed by atoms with Crippen molar-refractivity contribution in [1.29, 1.82) is 0 Å². The van der Waals surface area contributed by atoms with Gasteiger partial charge in [0.1, 0.15) is 11.6 Å². The van der Waals surface area contributed by atoms with Crippen molar-refractivity contribution in [2.75, 3.05) is 6.54 Å². The lowest BCUT2D eigenvalue weighted by Crippen LogP contribution is -2.26. The first kappa shape index (κ1) is 24.6. The van der Waals surface area contributed by atoms with E-state index in [9.17, 15) is 14.0 Å². The van der Waals surface area contributed by atoms with Crippen molar-refractivity contribution in [3.05, 3.63) is 126 Å². The second-order valence-electron chi connectivity index (χ2n) is 9.42. The quantitative estimate of drug-likeness (QED) is 0.291. The highest BCUT2D eigenvalue weighted by Gasteiger charge is 2.40. The summed E-state index contributed by atoms with van der Waals surface area (Å²) in [6.45, 7) is 0.352. The molecule has 0 bridgehead atoms. The first-order valence-electron chi connectivity index (χ1n) is 12.5. The number of benzene rings is 4. The van der Waals surface area contributed by atoms with Crippen LogP contribution in [0.2, 0.25) is 0 Å². The van der Waals surface area contributed by atoms with E-state index in [1.54, 1.807) is 24.3 Å². The Morgan fingerprint density at radius 2 is 1.43 bits per heavy atom. The van der Waals surface area contributed by atoms with Gasteiger partial charge in [-0.3, -0.25) is 9.59 Å². The van der Waals surface area contributed by atoms with Gasteiger partial charge >= 0.3 is 0 Å². The van der Waals surface area contributed by atoms with E-state index in [1.165, 1.54) is 24.3 Å². The van der Waals surface area contributed by atoms with Crippen LogP contribution in [-0.2, 0) is 0 Å². The smallest absolute Gasteiger partial charge is 0.193 e. The van der Waals surface area contributed by atoms with Crippen molar-refractivity contribution >= 4 is 11.6 Å². The van der Waals surface area contributed by atoms with E-state index in [2.05, 4.69) is 0 Å². The third kappa shape index (κ3) is 5.23. The number of Topliss-reactive ketones (excluding diaryl/α,β-unsaturated/α-hetero) is 1. The lowest BCUT2D eigenvalue weighted by Gasteiger charge is -2.18. The molecule has 4 nitrogen and oxygen atoms in total. The lowest BCUT2D eigenvalue weighted by molar-refractivity contribution is 0.0880. The first-order valence-corrected chi connectivity index (χ1v) is 12.5. The molecule has 37 heavy (non-hydrogen) atoms. The Kier molecular flexibility index (Phi) is 7.24. The number of hydrogen-bond acceptors (Lipinski definition) is 4. The number of ether oxygens (including phenoxy) is 1. The predicted octanol–water partition coefficient (Wildman–Crippen LogP) is 6.34. The number of rotatable bonds is 8. The summed E-state index contributed by atoms with van der Waals surface area (Å²) in [5.74, 6) is -0.483. The molecule has 0 saturated heterocycles. The van der Waals surface area contributed by atoms with Crippen molar-refractivity contribution < 1.29 is 18.7 Å². The zero-order chi connectivity index (χ0) is 25.8. The highest BCUT2D eigenvalue weighted by atomic mass is 19.1. The largest absolute Gasteiger partial charge is 0.490 e. The molecule has 1 saturated carbocycles. The summed E-state index contributed by atoms with van der Waals surface area (Å²) in [6.07, 6.45) is 1.000. The van der Waals surface area contributed by atoms with Crippen molar-refractivity contribution in [3.8, 4) is 16.9 Å². The molecule has 0 amide bonds. The number of para-hydroxylation sites is 1. The Labute approximate surface area is 215 Å². The van der Waals surface area contributed by atoms with Crippen molar-refractivity contribution in [1.82, 2.24) is 0 Å². The average molecular weight is 494 g/mol. The van der Waals surface area contributed by atoms with Crippen LogP contribution in [0.5, 0.6) is 5.75 Å². The van der Waals surface area contributed by atoms with E-state index in [-0.39, 0.29) is 29.5 Å². The van der Waals surface area contributed by atoms with Gasteiger partial charge < -0.3 is 10.5 Å². The maximum Gasteiger partial charge on any atom is 0.193 e. The van der Waals surface area contributed by atoms with Crippen LogP contribution in [-0.4, -0.2) is 24.2 Å². The summed E-state index contributed by atoms with van der Waals surface area (Å²) < 4.78 is 19.8. The fraction of sp³-hybridized carbons (Fsp3) is 0.188. The molecule has 186 valence electrons. The van der Waals surface area contributed by atoms with Crippen molar-refractivity contribution in [2.45, 2.75) is 18.9 Å². The monoisotopic (exact) mass is 493 g/mol. The fourth-order valence-electron chi connectivity index (χ4n) is 5.21. The second kappa shape index (κ2) is 10.9. The van der Waals surface area contributed by atoms with E-state index in [0.717, 1.165) is 16.9 Å². The predicted molar refractivity (Wildman–Crippen MR) is 142 cm³/mol.